The van der Waals surface area contributed by atoms with Crippen molar-refractivity contribution in [2.45, 2.75) is 12.8 Å². The zero-order valence-corrected chi connectivity index (χ0v) is 6.79. The highest BCUT2D eigenvalue weighted by Crippen LogP contribution is 2.06. The predicted octanol–water partition coefficient (Wildman–Crippen LogP) is 1.71. The number of rotatable bonds is 3. The van der Waals surface area contributed by atoms with Gasteiger partial charge in [-0.1, -0.05) is 24.3 Å². The first-order chi connectivity index (χ1) is 5.79. The second kappa shape index (κ2) is 4.37. The van der Waals surface area contributed by atoms with Gasteiger partial charge in [-0.25, -0.2) is 0 Å². The molecule has 0 unspecified atom stereocenters. The van der Waals surface area contributed by atoms with Crippen molar-refractivity contribution in [3.05, 3.63) is 41.7 Å². The summed E-state index contributed by atoms with van der Waals surface area (Å²) in [6, 6.07) is 0. The van der Waals surface area contributed by atoms with E-state index >= 15 is 0 Å². The summed E-state index contributed by atoms with van der Waals surface area (Å²) >= 11 is 0. The van der Waals surface area contributed by atoms with Crippen molar-refractivity contribution in [3.8, 4) is 0 Å². The van der Waals surface area contributed by atoms with Crippen molar-refractivity contribution in [3.63, 3.8) is 0 Å². The molecule has 2 nitrogen and oxygen atoms in total. The lowest BCUT2D eigenvalue weighted by Crippen LogP contribution is -2.09. The smallest absolute Gasteiger partial charge is 0.217 e. The van der Waals surface area contributed by atoms with Crippen LogP contribution in [-0.2, 0) is 4.79 Å². The van der Waals surface area contributed by atoms with Crippen LogP contribution in [0.1, 0.15) is 14.3 Å². The van der Waals surface area contributed by atoms with Crippen molar-refractivity contribution < 1.29 is 6.22 Å². The molecule has 1 aliphatic rings. The third-order valence-electron chi connectivity index (χ3n) is 1.53. The Labute approximate surface area is 73.2 Å². The Morgan fingerprint density at radius 2 is 2.33 bits per heavy atom. The molecule has 0 saturated heterocycles. The van der Waals surface area contributed by atoms with Gasteiger partial charge in [0.05, 0.1) is 0 Å². The number of nitrogens with two attached hydrogens (primary N) is 1. The largest absolute Gasteiger partial charge is 0.370 e. The van der Waals surface area contributed by atoms with E-state index in [1.165, 1.54) is 0 Å². The van der Waals surface area contributed by atoms with Crippen molar-refractivity contribution in [2.75, 3.05) is 0 Å². The average Bonchev–Trinajstić information content (AvgIpc) is 2.28. The van der Waals surface area contributed by atoms with Gasteiger partial charge >= 0.3 is 0 Å². The molecular weight excluding hydrogens is 150 g/mol. The maximum atomic E-state index is 10.5. The zero-order valence-electron chi connectivity index (χ0n) is 6.79. The molecule has 2 N–H and O–H groups in total. The van der Waals surface area contributed by atoms with Crippen LogP contribution in [-0.4, -0.2) is 5.91 Å². The quantitative estimate of drug-likeness (QED) is 0.632. The molecule has 0 aromatic heterocycles. The fourth-order valence-electron chi connectivity index (χ4n) is 0.908. The minimum Gasteiger partial charge on any atom is -0.370 e. The molecular formula is C10H13NO. The van der Waals surface area contributed by atoms with E-state index in [0.717, 1.165) is 5.57 Å². The van der Waals surface area contributed by atoms with Crippen molar-refractivity contribution in [1.29, 1.82) is 0 Å². The molecule has 2 heteroatoms. The molecule has 1 aliphatic carbocycles. The molecule has 12 heavy (non-hydrogen) atoms. The summed E-state index contributed by atoms with van der Waals surface area (Å²) in [6.07, 6.45) is 10.6. The number of hydrogen-bond donors (Lipinski definition) is 1. The molecule has 0 atom stereocenters. The van der Waals surface area contributed by atoms with E-state index in [1.807, 2.05) is 30.4 Å². The standard InChI is InChI=1S/C10H11NO.H2/c11-10(12)8-7-9-5-3-1-2-4-6-9;/h1-5H,7-8H2,(H2,11,12);1H. The molecule has 0 fully saturated rings. The molecule has 64 valence electrons. The summed E-state index contributed by atoms with van der Waals surface area (Å²) < 4.78 is 0. The van der Waals surface area contributed by atoms with E-state index in [2.05, 4.69) is 5.73 Å². The topological polar surface area (TPSA) is 43.1 Å². The highest BCUT2D eigenvalue weighted by atomic mass is 16.1. The van der Waals surface area contributed by atoms with Gasteiger partial charge in [0.2, 0.25) is 5.91 Å². The van der Waals surface area contributed by atoms with Gasteiger partial charge < -0.3 is 5.73 Å². The van der Waals surface area contributed by atoms with Crippen molar-refractivity contribution in [2.24, 2.45) is 5.73 Å². The second-order valence-electron chi connectivity index (χ2n) is 2.55. The third-order valence-corrected chi connectivity index (χ3v) is 1.53. The van der Waals surface area contributed by atoms with Gasteiger partial charge in [-0.05, 0) is 18.1 Å². The number of hydrogen-bond acceptors (Lipinski definition) is 1. The van der Waals surface area contributed by atoms with Gasteiger partial charge in [0.1, 0.15) is 0 Å². The fraction of sp³-hybridized carbons (Fsp3) is 0.200. The van der Waals surface area contributed by atoms with Crippen LogP contribution in [0.5, 0.6) is 0 Å². The number of primary amides is 1. The Hall–Kier alpha value is -1.53. The summed E-state index contributed by atoms with van der Waals surface area (Å²) in [5.41, 5.74) is 9.08. The molecule has 0 aromatic rings. The van der Waals surface area contributed by atoms with Gasteiger partial charge in [-0.3, -0.25) is 4.79 Å². The lowest BCUT2D eigenvalue weighted by Gasteiger charge is -1.94. The van der Waals surface area contributed by atoms with Crippen LogP contribution in [0.3, 0.4) is 0 Å². The van der Waals surface area contributed by atoms with Crippen LogP contribution in [0, 0.1) is 0 Å². The Kier molecular flexibility index (Phi) is 3.12. The molecule has 1 amide bonds. The normalized spacial score (nSPS) is 14.2. The molecule has 0 saturated carbocycles. The first-order valence-electron chi connectivity index (χ1n) is 3.86. The van der Waals surface area contributed by atoms with Crippen LogP contribution in [0.25, 0.3) is 0 Å². The molecule has 0 spiro atoms. The first-order valence-corrected chi connectivity index (χ1v) is 3.86. The van der Waals surface area contributed by atoms with Crippen LogP contribution in [0.4, 0.5) is 0 Å². The summed E-state index contributed by atoms with van der Waals surface area (Å²) in [7, 11) is 0. The summed E-state index contributed by atoms with van der Waals surface area (Å²) in [6.45, 7) is 0. The Bertz CT molecular complexity index is 296. The lowest BCUT2D eigenvalue weighted by molar-refractivity contribution is -0.117. The molecule has 0 aliphatic heterocycles. The van der Waals surface area contributed by atoms with Crippen LogP contribution in [0.15, 0.2) is 41.7 Å². The monoisotopic (exact) mass is 163 g/mol. The number of allylic oxidation sites excluding steroid dienone is 5. The fourth-order valence-corrected chi connectivity index (χ4v) is 0.908. The van der Waals surface area contributed by atoms with Crippen molar-refractivity contribution >= 4 is 5.91 Å². The number of carbonyl (C=O) groups excluding carboxylic acids is 1. The Morgan fingerprint density at radius 3 is 3.08 bits per heavy atom. The maximum Gasteiger partial charge on any atom is 0.217 e. The Balaban J connectivity index is 0.00000144. The van der Waals surface area contributed by atoms with Crippen LogP contribution in [0.2, 0.25) is 0 Å². The molecule has 1 rings (SSSR count). The Morgan fingerprint density at radius 1 is 1.50 bits per heavy atom. The molecule has 0 aromatic carbocycles. The minimum atomic E-state index is -0.269. The van der Waals surface area contributed by atoms with Gasteiger partial charge in [-0.15, -0.1) is 5.73 Å². The molecule has 0 radical (unpaired) electrons. The van der Waals surface area contributed by atoms with Gasteiger partial charge in [0.15, 0.2) is 0 Å². The van der Waals surface area contributed by atoms with Crippen LogP contribution >= 0.6 is 0 Å². The van der Waals surface area contributed by atoms with Crippen LogP contribution < -0.4 is 5.73 Å². The first kappa shape index (κ1) is 8.57. The van der Waals surface area contributed by atoms with Gasteiger partial charge in [0.25, 0.3) is 0 Å². The van der Waals surface area contributed by atoms with E-state index in [4.69, 9.17) is 5.73 Å². The molecule has 0 bridgehead atoms. The van der Waals surface area contributed by atoms with E-state index in [-0.39, 0.29) is 7.33 Å². The van der Waals surface area contributed by atoms with E-state index < -0.39 is 0 Å². The van der Waals surface area contributed by atoms with Crippen molar-refractivity contribution in [1.82, 2.24) is 0 Å². The van der Waals surface area contributed by atoms with Gasteiger partial charge in [-0.2, -0.15) is 0 Å². The highest BCUT2D eigenvalue weighted by molar-refractivity contribution is 5.74. The van der Waals surface area contributed by atoms with E-state index in [9.17, 15) is 4.79 Å². The van der Waals surface area contributed by atoms with Gasteiger partial charge in [0, 0.05) is 7.85 Å². The number of carbonyl (C=O) groups is 1. The van der Waals surface area contributed by atoms with E-state index in [1.54, 1.807) is 0 Å². The number of amides is 1. The third kappa shape index (κ3) is 3.04. The summed E-state index contributed by atoms with van der Waals surface area (Å²) in [4.78, 5) is 10.5. The van der Waals surface area contributed by atoms with E-state index in [0.29, 0.717) is 12.8 Å². The minimum absolute atomic E-state index is 0. The lowest BCUT2D eigenvalue weighted by atomic mass is 10.1. The zero-order chi connectivity index (χ0) is 8.81. The highest BCUT2D eigenvalue weighted by Gasteiger charge is 1.96. The molecule has 0 heterocycles. The SMILES string of the molecule is NC(=O)CCC1=C=CC=CC=C1.[HH]. The average molecular weight is 163 g/mol. The summed E-state index contributed by atoms with van der Waals surface area (Å²) in [5, 5.41) is 0. The predicted molar refractivity (Wildman–Crippen MR) is 50.4 cm³/mol. The summed E-state index contributed by atoms with van der Waals surface area (Å²) in [5.74, 6) is -0.269. The second-order valence-corrected chi connectivity index (χ2v) is 2.55. The maximum absolute atomic E-state index is 10.5.